The highest BCUT2D eigenvalue weighted by Gasteiger charge is 2.34. The largest absolute Gasteiger partial charge is 0.354 e. The van der Waals surface area contributed by atoms with Crippen molar-refractivity contribution in [3.05, 3.63) is 0 Å². The maximum Gasteiger partial charge on any atom is 0.220 e. The first kappa shape index (κ1) is 16.4. The van der Waals surface area contributed by atoms with Crippen molar-refractivity contribution in [1.29, 1.82) is 0 Å². The van der Waals surface area contributed by atoms with Crippen LogP contribution in [0.4, 0.5) is 0 Å². The van der Waals surface area contributed by atoms with Gasteiger partial charge in [-0.25, -0.2) is 0 Å². The molecular weight excluding hydrogens is 238 g/mol. The number of likely N-dealkylation sites (N-methyl/N-ethyl adjacent to an activating group) is 1. The molecule has 1 amide bonds. The molecule has 0 unspecified atom stereocenters. The molecule has 4 heteroatoms. The molecule has 0 aromatic heterocycles. The molecule has 0 heterocycles. The smallest absolute Gasteiger partial charge is 0.220 e. The third-order valence-electron chi connectivity index (χ3n) is 4.46. The molecule has 0 saturated heterocycles. The normalized spacial score (nSPS) is 18.5. The molecule has 1 aliphatic carbocycles. The molecule has 19 heavy (non-hydrogen) atoms. The van der Waals surface area contributed by atoms with E-state index in [0.717, 1.165) is 32.4 Å². The summed E-state index contributed by atoms with van der Waals surface area (Å²) in [6.45, 7) is 1.53. The minimum absolute atomic E-state index is 0.186. The van der Waals surface area contributed by atoms with Crippen LogP contribution in [0.1, 0.15) is 57.8 Å². The van der Waals surface area contributed by atoms with E-state index >= 15 is 0 Å². The van der Waals surface area contributed by atoms with E-state index in [-0.39, 0.29) is 11.4 Å². The Kier molecular flexibility index (Phi) is 7.39. The lowest BCUT2D eigenvalue weighted by molar-refractivity contribution is -0.122. The zero-order chi connectivity index (χ0) is 14.1. The third-order valence-corrected chi connectivity index (χ3v) is 4.46. The van der Waals surface area contributed by atoms with Gasteiger partial charge in [0.05, 0.1) is 0 Å². The van der Waals surface area contributed by atoms with Crippen molar-refractivity contribution in [2.45, 2.75) is 63.3 Å². The summed E-state index contributed by atoms with van der Waals surface area (Å²) in [5.41, 5.74) is 5.63. The molecule has 112 valence electrons. The Hall–Kier alpha value is -0.610. The molecule has 1 aliphatic rings. The highest BCUT2D eigenvalue weighted by Crippen LogP contribution is 2.31. The lowest BCUT2D eigenvalue weighted by Gasteiger charge is -2.43. The molecule has 1 saturated carbocycles. The fourth-order valence-corrected chi connectivity index (χ4v) is 2.95. The van der Waals surface area contributed by atoms with Crippen molar-refractivity contribution in [1.82, 2.24) is 10.2 Å². The van der Waals surface area contributed by atoms with Crippen LogP contribution in [0, 0.1) is 0 Å². The number of hydrogen-bond acceptors (Lipinski definition) is 3. The van der Waals surface area contributed by atoms with Crippen LogP contribution in [-0.2, 0) is 4.79 Å². The standard InChI is InChI=1S/C15H31N3O/c1-18(2)15(10-6-4-7-11-15)13-17-14(19)9-5-3-8-12-16/h3-13,16H2,1-2H3,(H,17,19). The van der Waals surface area contributed by atoms with E-state index in [4.69, 9.17) is 5.73 Å². The fourth-order valence-electron chi connectivity index (χ4n) is 2.95. The molecule has 0 atom stereocenters. The summed E-state index contributed by atoms with van der Waals surface area (Å²) >= 11 is 0. The Morgan fingerprint density at radius 2 is 1.84 bits per heavy atom. The van der Waals surface area contributed by atoms with Crippen LogP contribution in [0.15, 0.2) is 0 Å². The number of carbonyl (C=O) groups excluding carboxylic acids is 1. The Balaban J connectivity index is 2.29. The number of rotatable bonds is 8. The van der Waals surface area contributed by atoms with Gasteiger partial charge in [-0.05, 0) is 46.3 Å². The van der Waals surface area contributed by atoms with Gasteiger partial charge in [0.25, 0.3) is 0 Å². The van der Waals surface area contributed by atoms with Gasteiger partial charge >= 0.3 is 0 Å². The number of unbranched alkanes of at least 4 members (excludes halogenated alkanes) is 2. The predicted molar refractivity (Wildman–Crippen MR) is 80.0 cm³/mol. The van der Waals surface area contributed by atoms with Crippen molar-refractivity contribution >= 4 is 5.91 Å². The van der Waals surface area contributed by atoms with Crippen LogP contribution in [0.5, 0.6) is 0 Å². The van der Waals surface area contributed by atoms with Crippen molar-refractivity contribution < 1.29 is 4.79 Å². The van der Waals surface area contributed by atoms with Gasteiger partial charge in [0.2, 0.25) is 5.91 Å². The molecule has 0 bridgehead atoms. The van der Waals surface area contributed by atoms with Crippen molar-refractivity contribution in [2.75, 3.05) is 27.2 Å². The number of amides is 1. The van der Waals surface area contributed by atoms with Gasteiger partial charge in [-0.15, -0.1) is 0 Å². The van der Waals surface area contributed by atoms with Crippen LogP contribution in [0.25, 0.3) is 0 Å². The molecule has 1 fully saturated rings. The minimum Gasteiger partial charge on any atom is -0.354 e. The summed E-state index contributed by atoms with van der Waals surface area (Å²) < 4.78 is 0. The zero-order valence-electron chi connectivity index (χ0n) is 12.7. The first-order valence-electron chi connectivity index (χ1n) is 7.75. The van der Waals surface area contributed by atoms with Crippen LogP contribution in [0.2, 0.25) is 0 Å². The Morgan fingerprint density at radius 1 is 1.16 bits per heavy atom. The highest BCUT2D eigenvalue weighted by molar-refractivity contribution is 5.75. The average Bonchev–Trinajstić information content (AvgIpc) is 2.42. The second-order valence-corrected chi connectivity index (χ2v) is 6.06. The van der Waals surface area contributed by atoms with Crippen molar-refractivity contribution in [3.8, 4) is 0 Å². The van der Waals surface area contributed by atoms with Gasteiger partial charge < -0.3 is 16.0 Å². The van der Waals surface area contributed by atoms with Gasteiger partial charge in [0.1, 0.15) is 0 Å². The Labute approximate surface area is 118 Å². The number of nitrogens with two attached hydrogens (primary N) is 1. The second-order valence-electron chi connectivity index (χ2n) is 6.06. The fraction of sp³-hybridized carbons (Fsp3) is 0.933. The predicted octanol–water partition coefficient (Wildman–Crippen LogP) is 1.89. The molecule has 4 nitrogen and oxygen atoms in total. The average molecular weight is 269 g/mol. The van der Waals surface area contributed by atoms with Crippen molar-refractivity contribution in [2.24, 2.45) is 5.73 Å². The van der Waals surface area contributed by atoms with Gasteiger partial charge in [0.15, 0.2) is 0 Å². The van der Waals surface area contributed by atoms with E-state index in [9.17, 15) is 4.79 Å². The topological polar surface area (TPSA) is 58.4 Å². The van der Waals surface area contributed by atoms with E-state index in [2.05, 4.69) is 24.3 Å². The summed E-state index contributed by atoms with van der Waals surface area (Å²) in [6.07, 6.45) is 9.98. The van der Waals surface area contributed by atoms with Crippen LogP contribution in [-0.4, -0.2) is 43.5 Å². The van der Waals surface area contributed by atoms with Gasteiger partial charge in [-0.3, -0.25) is 4.79 Å². The maximum atomic E-state index is 11.9. The summed E-state index contributed by atoms with van der Waals surface area (Å²) in [7, 11) is 4.28. The van der Waals surface area contributed by atoms with E-state index in [1.54, 1.807) is 0 Å². The van der Waals surface area contributed by atoms with Crippen molar-refractivity contribution in [3.63, 3.8) is 0 Å². The van der Waals surface area contributed by atoms with E-state index < -0.39 is 0 Å². The first-order chi connectivity index (χ1) is 9.10. The molecule has 0 aromatic rings. The summed E-state index contributed by atoms with van der Waals surface area (Å²) in [6, 6.07) is 0. The number of carbonyl (C=O) groups is 1. The quantitative estimate of drug-likeness (QED) is 0.662. The molecule has 3 N–H and O–H groups in total. The van der Waals surface area contributed by atoms with Crippen LogP contribution >= 0.6 is 0 Å². The molecule has 0 radical (unpaired) electrons. The van der Waals surface area contributed by atoms with Crippen LogP contribution in [0.3, 0.4) is 0 Å². The van der Waals surface area contributed by atoms with E-state index in [1.165, 1.54) is 32.1 Å². The Morgan fingerprint density at radius 3 is 2.42 bits per heavy atom. The SMILES string of the molecule is CN(C)C1(CNC(=O)CCCCCN)CCCCC1. The summed E-state index contributed by atoms with van der Waals surface area (Å²) in [5, 5.41) is 3.14. The van der Waals surface area contributed by atoms with Gasteiger partial charge in [0, 0.05) is 18.5 Å². The second kappa shape index (κ2) is 8.54. The molecule has 0 aromatic carbocycles. The van der Waals surface area contributed by atoms with Gasteiger partial charge in [-0.1, -0.05) is 25.7 Å². The molecular formula is C15H31N3O. The number of hydrogen-bond donors (Lipinski definition) is 2. The Bertz CT molecular complexity index is 260. The summed E-state index contributed by atoms with van der Waals surface area (Å²) in [5.74, 6) is 0.198. The lowest BCUT2D eigenvalue weighted by Crippen LogP contribution is -2.53. The lowest BCUT2D eigenvalue weighted by atomic mass is 9.80. The van der Waals surface area contributed by atoms with Gasteiger partial charge in [-0.2, -0.15) is 0 Å². The first-order valence-corrected chi connectivity index (χ1v) is 7.75. The zero-order valence-corrected chi connectivity index (χ0v) is 12.7. The number of nitrogens with one attached hydrogen (secondary N) is 1. The molecule has 1 rings (SSSR count). The third kappa shape index (κ3) is 5.49. The van der Waals surface area contributed by atoms with E-state index in [1.807, 2.05) is 0 Å². The van der Waals surface area contributed by atoms with E-state index in [0.29, 0.717) is 6.42 Å². The number of nitrogens with zero attached hydrogens (tertiary/aromatic N) is 1. The highest BCUT2D eigenvalue weighted by atomic mass is 16.1. The molecule has 0 aliphatic heterocycles. The van der Waals surface area contributed by atoms with Crippen LogP contribution < -0.4 is 11.1 Å². The maximum absolute atomic E-state index is 11.9. The molecule has 0 spiro atoms. The summed E-state index contributed by atoms with van der Waals surface area (Å²) in [4.78, 5) is 14.2. The monoisotopic (exact) mass is 269 g/mol. The minimum atomic E-state index is 0.186.